The van der Waals surface area contributed by atoms with Crippen molar-refractivity contribution in [3.8, 4) is 0 Å². The number of carbonyl (C=O) groups excluding carboxylic acids is 2. The Hall–Kier alpha value is -3.33. The minimum Gasteiger partial charge on any atom is -0.458 e. The maximum absolute atomic E-state index is 13.0. The van der Waals surface area contributed by atoms with Crippen LogP contribution in [0.3, 0.4) is 0 Å². The quantitative estimate of drug-likeness (QED) is 0.110. The lowest BCUT2D eigenvalue weighted by Crippen LogP contribution is -2.67. The number of esters is 1. The van der Waals surface area contributed by atoms with Crippen LogP contribution in [0.25, 0.3) is 10.4 Å². The average molecular weight is 583 g/mol. The van der Waals surface area contributed by atoms with Crippen LogP contribution in [0.1, 0.15) is 75.2 Å². The highest BCUT2D eigenvalue weighted by Gasteiger charge is 2.50. The predicted molar refractivity (Wildman–Crippen MR) is 165 cm³/mol. The van der Waals surface area contributed by atoms with Gasteiger partial charge in [-0.2, -0.15) is 0 Å². The van der Waals surface area contributed by atoms with E-state index >= 15 is 0 Å². The average Bonchev–Trinajstić information content (AvgIpc) is 2.85. The first-order valence-corrected chi connectivity index (χ1v) is 15.9. The third-order valence-electron chi connectivity index (χ3n) is 6.29. The SMILES string of the molecule is CC(C)(C)OC(=O)N[C@@H](CC[C@@H](CO[Si](c1ccccc1)(c1ccccc1)C(C)(C)C)N=[N+]=[N-])C(=O)OC(C)(C)C. The smallest absolute Gasteiger partial charge is 0.408 e. The van der Waals surface area contributed by atoms with Gasteiger partial charge in [-0.25, -0.2) is 9.59 Å². The molecule has 0 saturated heterocycles. The summed E-state index contributed by atoms with van der Waals surface area (Å²) in [7, 11) is -2.87. The highest BCUT2D eigenvalue weighted by atomic mass is 28.4. The minimum atomic E-state index is -2.87. The van der Waals surface area contributed by atoms with Crippen molar-refractivity contribution < 1.29 is 23.5 Å². The third-order valence-corrected chi connectivity index (χ3v) is 11.3. The van der Waals surface area contributed by atoms with Gasteiger partial charge in [0, 0.05) is 11.5 Å². The molecule has 2 atom stereocenters. The van der Waals surface area contributed by atoms with Crippen molar-refractivity contribution in [1.29, 1.82) is 0 Å². The summed E-state index contributed by atoms with van der Waals surface area (Å²) >= 11 is 0. The number of nitrogens with one attached hydrogen (secondary N) is 1. The number of benzene rings is 2. The lowest BCUT2D eigenvalue weighted by Gasteiger charge is -2.43. The van der Waals surface area contributed by atoms with E-state index < -0.39 is 43.7 Å². The number of carbonyl (C=O) groups is 2. The molecule has 9 nitrogen and oxygen atoms in total. The van der Waals surface area contributed by atoms with Crippen LogP contribution in [-0.4, -0.2) is 50.3 Å². The fourth-order valence-corrected chi connectivity index (χ4v) is 9.26. The first-order chi connectivity index (χ1) is 19.0. The molecule has 0 aliphatic heterocycles. The largest absolute Gasteiger partial charge is 0.458 e. The fourth-order valence-electron chi connectivity index (χ4n) is 4.66. The molecule has 0 bridgehead atoms. The molecule has 2 aromatic carbocycles. The van der Waals surface area contributed by atoms with Gasteiger partial charge in [0.2, 0.25) is 0 Å². The molecule has 1 amide bonds. The molecule has 2 aromatic rings. The molecule has 1 N–H and O–H groups in total. The van der Waals surface area contributed by atoms with E-state index in [0.717, 1.165) is 10.4 Å². The summed E-state index contributed by atoms with van der Waals surface area (Å²) < 4.78 is 17.9. The Kier molecular flexibility index (Phi) is 11.6. The summed E-state index contributed by atoms with van der Waals surface area (Å²) in [6.45, 7) is 17.2. The molecule has 0 radical (unpaired) electrons. The number of amides is 1. The summed E-state index contributed by atoms with van der Waals surface area (Å²) in [6.07, 6.45) is -0.276. The van der Waals surface area contributed by atoms with Crippen LogP contribution < -0.4 is 15.7 Å². The number of alkyl carbamates (subject to hydrolysis) is 1. The van der Waals surface area contributed by atoms with E-state index in [4.69, 9.17) is 13.9 Å². The number of nitrogens with zero attached hydrogens (tertiary/aromatic N) is 3. The number of ether oxygens (including phenoxy) is 2. The number of azide groups is 1. The zero-order valence-corrected chi connectivity index (χ0v) is 26.9. The van der Waals surface area contributed by atoms with Crippen LogP contribution in [0.2, 0.25) is 5.04 Å². The molecule has 0 aliphatic carbocycles. The molecule has 0 aliphatic rings. The Morgan fingerprint density at radius 2 is 1.32 bits per heavy atom. The summed E-state index contributed by atoms with van der Waals surface area (Å²) in [6, 6.07) is 18.8. The maximum atomic E-state index is 13.0. The van der Waals surface area contributed by atoms with Gasteiger partial charge in [-0.1, -0.05) is 86.5 Å². The van der Waals surface area contributed by atoms with Crippen LogP contribution in [0.15, 0.2) is 65.8 Å². The molecule has 0 fully saturated rings. The Morgan fingerprint density at radius 3 is 1.73 bits per heavy atom. The first kappa shape index (κ1) is 33.9. The van der Waals surface area contributed by atoms with Gasteiger partial charge in [0.15, 0.2) is 0 Å². The van der Waals surface area contributed by atoms with Gasteiger partial charge in [-0.3, -0.25) is 0 Å². The van der Waals surface area contributed by atoms with Crippen molar-refractivity contribution >= 4 is 30.8 Å². The number of hydrogen-bond donors (Lipinski definition) is 1. The van der Waals surface area contributed by atoms with E-state index in [0.29, 0.717) is 0 Å². The van der Waals surface area contributed by atoms with Crippen molar-refractivity contribution in [2.75, 3.05) is 6.61 Å². The van der Waals surface area contributed by atoms with E-state index in [-0.39, 0.29) is 24.5 Å². The van der Waals surface area contributed by atoms with Crippen LogP contribution in [0.4, 0.5) is 4.79 Å². The molecule has 0 saturated carbocycles. The molecule has 0 aromatic heterocycles. The first-order valence-electron chi connectivity index (χ1n) is 14.0. The lowest BCUT2D eigenvalue weighted by molar-refractivity contribution is -0.157. The number of hydrogen-bond acceptors (Lipinski definition) is 6. The maximum Gasteiger partial charge on any atom is 0.408 e. The summed E-state index contributed by atoms with van der Waals surface area (Å²) in [5.41, 5.74) is 7.91. The summed E-state index contributed by atoms with van der Waals surface area (Å²) in [5, 5.41) is 8.62. The Bertz CT molecular complexity index is 1140. The standard InChI is InChI=1S/C31H46N4O5Si/c1-29(2,3)39-27(36)26(33-28(37)40-30(4,5)6)21-20-23(34-35-32)22-38-41(31(7,8)9,24-16-12-10-13-17-24)25-18-14-11-15-19-25/h10-19,23,26H,20-22H2,1-9H3,(H,33,37)/t23-,26-/m0/s1. The second kappa shape index (κ2) is 14.0. The summed E-state index contributed by atoms with van der Waals surface area (Å²) in [5.74, 6) is -0.587. The minimum absolute atomic E-state index is 0.144. The molecular formula is C31H46N4O5Si. The second-order valence-electron chi connectivity index (χ2n) is 13.1. The molecule has 41 heavy (non-hydrogen) atoms. The molecule has 10 heteroatoms. The Morgan fingerprint density at radius 1 is 0.829 bits per heavy atom. The Balaban J connectivity index is 2.36. The molecular weight excluding hydrogens is 536 g/mol. The van der Waals surface area contributed by atoms with Gasteiger partial charge in [0.25, 0.3) is 8.32 Å². The van der Waals surface area contributed by atoms with Gasteiger partial charge >= 0.3 is 12.1 Å². The van der Waals surface area contributed by atoms with Gasteiger partial charge < -0.3 is 19.2 Å². The monoisotopic (exact) mass is 582 g/mol. The van der Waals surface area contributed by atoms with Crippen molar-refractivity contribution in [2.24, 2.45) is 5.11 Å². The van der Waals surface area contributed by atoms with Crippen molar-refractivity contribution in [2.45, 2.75) is 103 Å². The normalized spacial score (nSPS) is 13.9. The van der Waals surface area contributed by atoms with E-state index in [1.807, 2.05) is 36.4 Å². The van der Waals surface area contributed by atoms with E-state index in [9.17, 15) is 15.1 Å². The highest BCUT2D eigenvalue weighted by molar-refractivity contribution is 6.99. The van der Waals surface area contributed by atoms with Gasteiger partial charge in [0.05, 0.1) is 6.04 Å². The van der Waals surface area contributed by atoms with Crippen molar-refractivity contribution in [3.05, 3.63) is 71.1 Å². The zero-order valence-electron chi connectivity index (χ0n) is 25.9. The topological polar surface area (TPSA) is 123 Å². The molecule has 0 unspecified atom stereocenters. The van der Waals surface area contributed by atoms with E-state index in [1.54, 1.807) is 41.5 Å². The third kappa shape index (κ3) is 10.2. The van der Waals surface area contributed by atoms with E-state index in [2.05, 4.69) is 60.4 Å². The molecule has 0 spiro atoms. The highest BCUT2D eigenvalue weighted by Crippen LogP contribution is 2.37. The predicted octanol–water partition coefficient (Wildman–Crippen LogP) is 6.26. The Labute approximate surface area is 245 Å². The van der Waals surface area contributed by atoms with Crippen LogP contribution in [-0.2, 0) is 18.7 Å². The zero-order chi connectivity index (χ0) is 30.9. The second-order valence-corrected chi connectivity index (χ2v) is 17.4. The molecule has 2 rings (SSSR count). The van der Waals surface area contributed by atoms with Crippen molar-refractivity contribution in [1.82, 2.24) is 5.32 Å². The van der Waals surface area contributed by atoms with Gasteiger partial charge in [-0.05, 0) is 75.3 Å². The molecule has 0 heterocycles. The van der Waals surface area contributed by atoms with Gasteiger partial charge in [-0.15, -0.1) is 0 Å². The van der Waals surface area contributed by atoms with Crippen molar-refractivity contribution in [3.63, 3.8) is 0 Å². The lowest BCUT2D eigenvalue weighted by atomic mass is 10.1. The molecule has 224 valence electrons. The summed E-state index contributed by atoms with van der Waals surface area (Å²) in [4.78, 5) is 28.6. The van der Waals surface area contributed by atoms with E-state index in [1.165, 1.54) is 0 Å². The van der Waals surface area contributed by atoms with Crippen LogP contribution >= 0.6 is 0 Å². The fraction of sp³-hybridized carbons (Fsp3) is 0.548. The van der Waals surface area contributed by atoms with Crippen LogP contribution in [0, 0.1) is 0 Å². The van der Waals surface area contributed by atoms with Gasteiger partial charge in [0.1, 0.15) is 17.2 Å². The number of rotatable bonds is 11. The van der Waals surface area contributed by atoms with Crippen LogP contribution in [0.5, 0.6) is 0 Å².